The van der Waals surface area contributed by atoms with Crippen molar-refractivity contribution < 1.29 is 46.7 Å². The Kier molecular flexibility index (Phi) is 9.78. The maximum atomic E-state index is 13.5. The molecule has 1 saturated carbocycles. The highest BCUT2D eigenvalue weighted by atomic mass is 32.2. The van der Waals surface area contributed by atoms with Crippen LogP contribution < -0.4 is 16.0 Å². The summed E-state index contributed by atoms with van der Waals surface area (Å²) in [7, 11) is 0. The van der Waals surface area contributed by atoms with Crippen LogP contribution in [0.2, 0.25) is 0 Å². The minimum Gasteiger partial charge on any atom is -0.392 e. The van der Waals surface area contributed by atoms with Crippen LogP contribution in [0.15, 0.2) is 63.8 Å². The predicted octanol–water partition coefficient (Wildman–Crippen LogP) is 3.43. The molecule has 3 fully saturated rings. The average Bonchev–Trinajstić information content (AvgIpc) is 3.76. The Labute approximate surface area is 285 Å². The molecule has 2 atom stereocenters. The standard InChI is InChI=1S/C31H29F3N6O7S2/c32-31(33,34)29(45)46-28(44)23-17(13-16-7-6-12-39(25(16)42)18-8-2-1-3-9-18)14-48-27-22(26(43)40(23)27)37-24(41)21(20-15-49-30(35)36-20)38-47-19-10-4-5-11-19/h1-3,8-9,13,15,19,22,27H,4-7,10-12,14H2,(H2,35,36)(H,37,41)/b16-13+,38-21-/t22-,27-/m1/s1. The van der Waals surface area contributed by atoms with Crippen molar-refractivity contribution in [2.75, 3.05) is 22.9 Å². The van der Waals surface area contributed by atoms with Crippen molar-refractivity contribution in [3.05, 3.63) is 64.3 Å². The summed E-state index contributed by atoms with van der Waals surface area (Å²) in [6.07, 6.45) is -0.0888. The molecular weight excluding hydrogens is 690 g/mol. The molecule has 1 aliphatic carbocycles. The predicted molar refractivity (Wildman–Crippen MR) is 172 cm³/mol. The van der Waals surface area contributed by atoms with Gasteiger partial charge in [0.05, 0.1) is 0 Å². The molecule has 0 spiro atoms. The summed E-state index contributed by atoms with van der Waals surface area (Å²) in [6.45, 7) is 0.418. The molecule has 0 unspecified atom stereocenters. The van der Waals surface area contributed by atoms with Crippen LogP contribution in [0.1, 0.15) is 44.2 Å². The van der Waals surface area contributed by atoms with Gasteiger partial charge in [0, 0.05) is 28.9 Å². The number of halogens is 3. The lowest BCUT2D eigenvalue weighted by Gasteiger charge is -2.49. The number of carbonyl (C=O) groups is 5. The highest BCUT2D eigenvalue weighted by molar-refractivity contribution is 8.00. The second-order valence-corrected chi connectivity index (χ2v) is 13.5. The quantitative estimate of drug-likeness (QED) is 0.103. The molecule has 6 rings (SSSR count). The zero-order valence-electron chi connectivity index (χ0n) is 25.6. The van der Waals surface area contributed by atoms with Crippen molar-refractivity contribution in [2.24, 2.45) is 5.16 Å². The number of nitrogens with one attached hydrogen (secondary N) is 1. The van der Waals surface area contributed by atoms with Crippen molar-refractivity contribution >= 4 is 69.3 Å². The Hall–Kier alpha value is -4.71. The zero-order chi connectivity index (χ0) is 34.9. The number of fused-ring (bicyclic) bond motifs is 1. The summed E-state index contributed by atoms with van der Waals surface area (Å²) in [6, 6.07) is 7.58. The van der Waals surface area contributed by atoms with Crippen LogP contribution in [0, 0.1) is 0 Å². The van der Waals surface area contributed by atoms with Crippen LogP contribution in [0.4, 0.5) is 24.0 Å². The lowest BCUT2D eigenvalue weighted by Crippen LogP contribution is -2.71. The summed E-state index contributed by atoms with van der Waals surface area (Å²) < 4.78 is 43.4. The van der Waals surface area contributed by atoms with E-state index in [1.807, 2.05) is 0 Å². The number of thioether (sulfide) groups is 1. The van der Waals surface area contributed by atoms with E-state index in [4.69, 9.17) is 10.6 Å². The van der Waals surface area contributed by atoms with E-state index < -0.39 is 47.0 Å². The molecule has 3 amide bonds. The smallest absolute Gasteiger partial charge is 0.392 e. The Morgan fingerprint density at radius 1 is 1.10 bits per heavy atom. The van der Waals surface area contributed by atoms with Gasteiger partial charge in [0.2, 0.25) is 0 Å². The number of β-lactam (4-membered cyclic amide) rings is 1. The zero-order valence-corrected chi connectivity index (χ0v) is 27.2. The van der Waals surface area contributed by atoms with E-state index in [2.05, 4.69) is 20.2 Å². The van der Waals surface area contributed by atoms with Crippen LogP contribution in [-0.2, 0) is 33.5 Å². The van der Waals surface area contributed by atoms with Gasteiger partial charge in [-0.15, -0.1) is 23.1 Å². The summed E-state index contributed by atoms with van der Waals surface area (Å²) in [4.78, 5) is 77.4. The summed E-state index contributed by atoms with van der Waals surface area (Å²) >= 11 is 2.16. The number of para-hydroxylation sites is 1. The maximum Gasteiger partial charge on any atom is 0.491 e. The number of ether oxygens (including phenoxy) is 1. The topological polar surface area (TPSA) is 174 Å². The number of anilines is 2. The SMILES string of the molecule is Nc1nc(/C(=N/OC2CCCC2)C(=O)N[C@@H]2C(=O)N3C(C(=O)OC(=O)C(F)(F)F)=C(/C=C4\CCCN(c5ccccc5)C4=O)CS[C@H]23)cs1. The third-order valence-electron chi connectivity index (χ3n) is 8.23. The van der Waals surface area contributed by atoms with Gasteiger partial charge in [-0.1, -0.05) is 23.4 Å². The van der Waals surface area contributed by atoms with E-state index >= 15 is 0 Å². The van der Waals surface area contributed by atoms with E-state index in [1.165, 1.54) is 16.4 Å². The molecule has 0 radical (unpaired) electrons. The van der Waals surface area contributed by atoms with E-state index in [0.29, 0.717) is 25.1 Å². The second kappa shape index (κ2) is 14.0. The Balaban J connectivity index is 1.27. The van der Waals surface area contributed by atoms with E-state index in [0.717, 1.165) is 53.7 Å². The number of rotatable bonds is 8. The second-order valence-electron chi connectivity index (χ2n) is 11.5. The first-order chi connectivity index (χ1) is 23.4. The molecule has 1 aromatic carbocycles. The number of esters is 2. The molecule has 3 aliphatic heterocycles. The minimum absolute atomic E-state index is 0.0165. The molecule has 2 aromatic rings. The molecule has 13 nitrogen and oxygen atoms in total. The number of oxime groups is 1. The van der Waals surface area contributed by atoms with Gasteiger partial charge >= 0.3 is 18.1 Å². The fraction of sp³-hybridized carbons (Fsp3) is 0.387. The molecule has 4 heterocycles. The molecule has 1 aromatic heterocycles. The van der Waals surface area contributed by atoms with E-state index in [-0.39, 0.29) is 45.4 Å². The number of amides is 3. The molecule has 4 aliphatic rings. The molecule has 18 heteroatoms. The Bertz CT molecular complexity index is 1770. The van der Waals surface area contributed by atoms with Crippen LogP contribution >= 0.6 is 23.1 Å². The number of thiazole rings is 1. The number of allylic oxidation sites excluding steroid dienone is 1. The lowest BCUT2D eigenvalue weighted by molar-refractivity contribution is -0.201. The molecular formula is C31H29F3N6O7S2. The number of nitrogens with two attached hydrogens (primary N) is 1. The van der Waals surface area contributed by atoms with E-state index in [1.54, 1.807) is 30.3 Å². The Morgan fingerprint density at radius 2 is 1.84 bits per heavy atom. The van der Waals surface area contributed by atoms with Crippen molar-refractivity contribution in [2.45, 2.75) is 62.2 Å². The number of hydrogen-bond donors (Lipinski definition) is 2. The molecule has 2 saturated heterocycles. The van der Waals surface area contributed by atoms with Gasteiger partial charge in [-0.2, -0.15) is 13.2 Å². The minimum atomic E-state index is -5.49. The van der Waals surface area contributed by atoms with Crippen molar-refractivity contribution in [1.29, 1.82) is 0 Å². The van der Waals surface area contributed by atoms with Gasteiger partial charge in [0.25, 0.3) is 17.7 Å². The third kappa shape index (κ3) is 7.19. The number of carbonyl (C=O) groups excluding carboxylic acids is 5. The average molecular weight is 719 g/mol. The first-order valence-electron chi connectivity index (χ1n) is 15.3. The number of benzene rings is 1. The normalized spacial score (nSPS) is 22.6. The van der Waals surface area contributed by atoms with Crippen molar-refractivity contribution in [3.8, 4) is 0 Å². The third-order valence-corrected chi connectivity index (χ3v) is 10.2. The highest BCUT2D eigenvalue weighted by Gasteiger charge is 2.55. The van der Waals surface area contributed by atoms with E-state index in [9.17, 15) is 37.1 Å². The largest absolute Gasteiger partial charge is 0.491 e. The van der Waals surface area contributed by atoms with Crippen LogP contribution in [0.25, 0.3) is 0 Å². The summed E-state index contributed by atoms with van der Waals surface area (Å²) in [5.41, 5.74) is 5.91. The number of nitrogens with zero attached hydrogens (tertiary/aromatic N) is 4. The molecule has 0 bridgehead atoms. The highest BCUT2D eigenvalue weighted by Crippen LogP contribution is 2.42. The van der Waals surface area contributed by atoms with Crippen LogP contribution in [0.5, 0.6) is 0 Å². The van der Waals surface area contributed by atoms with Crippen LogP contribution in [-0.4, -0.2) is 81.2 Å². The van der Waals surface area contributed by atoms with Gasteiger partial charge < -0.3 is 25.5 Å². The maximum absolute atomic E-state index is 13.5. The molecule has 49 heavy (non-hydrogen) atoms. The van der Waals surface area contributed by atoms with Gasteiger partial charge in [-0.3, -0.25) is 19.3 Å². The number of piperidine rings is 1. The Morgan fingerprint density at radius 3 is 2.51 bits per heavy atom. The van der Waals surface area contributed by atoms with Crippen molar-refractivity contribution in [1.82, 2.24) is 15.2 Å². The number of alkyl halides is 3. The van der Waals surface area contributed by atoms with Gasteiger partial charge in [-0.05, 0) is 62.3 Å². The number of nitrogen functional groups attached to an aromatic ring is 1. The lowest BCUT2D eigenvalue weighted by atomic mass is 9.97. The van der Waals surface area contributed by atoms with Gasteiger partial charge in [0.15, 0.2) is 10.8 Å². The fourth-order valence-corrected chi connectivity index (χ4v) is 7.73. The summed E-state index contributed by atoms with van der Waals surface area (Å²) in [5.74, 6) is -6.62. The number of hydrogen-bond acceptors (Lipinski definition) is 12. The molecule has 258 valence electrons. The first kappa shape index (κ1) is 34.2. The van der Waals surface area contributed by atoms with Gasteiger partial charge in [0.1, 0.15) is 28.9 Å². The first-order valence-corrected chi connectivity index (χ1v) is 17.2. The molecule has 3 N–H and O–H groups in total. The number of aromatic nitrogens is 1. The monoisotopic (exact) mass is 718 g/mol. The summed E-state index contributed by atoms with van der Waals surface area (Å²) in [5, 5.41) is 7.29. The fourth-order valence-electron chi connectivity index (χ4n) is 5.87. The van der Waals surface area contributed by atoms with Crippen molar-refractivity contribution in [3.63, 3.8) is 0 Å². The van der Waals surface area contributed by atoms with Crippen LogP contribution in [0.3, 0.4) is 0 Å². The van der Waals surface area contributed by atoms with Gasteiger partial charge in [-0.25, -0.2) is 14.6 Å².